The third-order valence-electron chi connectivity index (χ3n) is 3.69. The Morgan fingerprint density at radius 1 is 0.821 bits per heavy atom. The maximum Gasteiger partial charge on any atom is 0.306 e. The largest absolute Gasteiger partial charge is 0.455 e. The average Bonchev–Trinajstić information content (AvgIpc) is 2.71. The monoisotopic (exact) mass is 383 g/mol. The molecule has 2 aromatic rings. The maximum absolute atomic E-state index is 11.9. The van der Waals surface area contributed by atoms with Crippen molar-refractivity contribution in [2.24, 2.45) is 0 Å². The van der Waals surface area contributed by atoms with Crippen molar-refractivity contribution in [3.05, 3.63) is 65.7 Å². The third-order valence-corrected chi connectivity index (χ3v) is 3.69. The van der Waals surface area contributed by atoms with E-state index in [1.165, 1.54) is 0 Å². The van der Waals surface area contributed by atoms with E-state index in [0.717, 1.165) is 5.56 Å². The van der Waals surface area contributed by atoms with Gasteiger partial charge in [-0.15, -0.1) is 0 Å². The van der Waals surface area contributed by atoms with Gasteiger partial charge in [-0.3, -0.25) is 30.0 Å². The molecule has 0 radical (unpaired) electrons. The number of carbonyl (C=O) groups is 4. The fraction of sp³-hybridized carbons (Fsp3) is 0.200. The Morgan fingerprint density at radius 3 is 2.21 bits per heavy atom. The Hall–Kier alpha value is -3.68. The second kappa shape index (κ2) is 10.5. The molecular formula is C20H21N3O5. The van der Waals surface area contributed by atoms with E-state index in [-0.39, 0.29) is 18.7 Å². The van der Waals surface area contributed by atoms with Crippen LogP contribution < -0.4 is 16.2 Å². The summed E-state index contributed by atoms with van der Waals surface area (Å²) in [5, 5.41) is 2.71. The number of hydrogen-bond acceptors (Lipinski definition) is 5. The van der Waals surface area contributed by atoms with Crippen LogP contribution in [0, 0.1) is 6.92 Å². The molecule has 0 bridgehead atoms. The van der Waals surface area contributed by atoms with E-state index in [0.29, 0.717) is 11.3 Å². The fourth-order valence-corrected chi connectivity index (χ4v) is 2.18. The molecule has 8 heteroatoms. The van der Waals surface area contributed by atoms with Gasteiger partial charge in [-0.2, -0.15) is 0 Å². The molecule has 0 aliphatic heterocycles. The average molecular weight is 383 g/mol. The van der Waals surface area contributed by atoms with Crippen molar-refractivity contribution in [2.75, 3.05) is 11.9 Å². The van der Waals surface area contributed by atoms with Gasteiger partial charge in [-0.1, -0.05) is 36.4 Å². The van der Waals surface area contributed by atoms with Crippen LogP contribution in [-0.2, 0) is 19.1 Å². The number of ether oxygens (including phenoxy) is 1. The van der Waals surface area contributed by atoms with E-state index in [4.69, 9.17) is 4.74 Å². The molecule has 0 saturated carbocycles. The van der Waals surface area contributed by atoms with Gasteiger partial charge in [0.1, 0.15) is 0 Å². The molecule has 0 aliphatic rings. The number of hydrazine groups is 1. The Bertz CT molecular complexity index is 852. The van der Waals surface area contributed by atoms with Gasteiger partial charge in [0.25, 0.3) is 11.8 Å². The number of aryl methyl sites for hydroxylation is 1. The highest BCUT2D eigenvalue weighted by Crippen LogP contribution is 2.13. The van der Waals surface area contributed by atoms with Crippen molar-refractivity contribution in [3.63, 3.8) is 0 Å². The predicted molar refractivity (Wildman–Crippen MR) is 102 cm³/mol. The zero-order valence-electron chi connectivity index (χ0n) is 15.4. The summed E-state index contributed by atoms with van der Waals surface area (Å²) in [7, 11) is 0. The number of para-hydroxylation sites is 1. The van der Waals surface area contributed by atoms with Gasteiger partial charge in [-0.25, -0.2) is 0 Å². The fourth-order valence-electron chi connectivity index (χ4n) is 2.18. The Balaban J connectivity index is 1.63. The molecule has 0 atom stereocenters. The predicted octanol–water partition coefficient (Wildman–Crippen LogP) is 1.72. The Morgan fingerprint density at radius 2 is 1.50 bits per heavy atom. The van der Waals surface area contributed by atoms with Crippen LogP contribution in [0.2, 0.25) is 0 Å². The van der Waals surface area contributed by atoms with Crippen LogP contribution in [0.15, 0.2) is 54.6 Å². The first-order chi connectivity index (χ1) is 13.5. The second-order valence-electron chi connectivity index (χ2n) is 5.89. The summed E-state index contributed by atoms with van der Waals surface area (Å²) in [6.07, 6.45) is -0.235. The van der Waals surface area contributed by atoms with Gasteiger partial charge in [0.05, 0.1) is 6.42 Å². The summed E-state index contributed by atoms with van der Waals surface area (Å²) < 4.78 is 4.78. The minimum Gasteiger partial charge on any atom is -0.455 e. The van der Waals surface area contributed by atoms with E-state index in [9.17, 15) is 19.2 Å². The van der Waals surface area contributed by atoms with Crippen molar-refractivity contribution in [2.45, 2.75) is 19.8 Å². The van der Waals surface area contributed by atoms with Crippen LogP contribution in [0.1, 0.15) is 28.8 Å². The molecule has 0 fully saturated rings. The van der Waals surface area contributed by atoms with Crippen molar-refractivity contribution in [1.82, 2.24) is 10.9 Å². The number of benzene rings is 2. The lowest BCUT2D eigenvalue weighted by molar-refractivity contribution is -0.149. The number of carbonyl (C=O) groups excluding carboxylic acids is 4. The lowest BCUT2D eigenvalue weighted by atomic mass is 10.2. The van der Waals surface area contributed by atoms with Crippen LogP contribution in [-0.4, -0.2) is 30.3 Å². The van der Waals surface area contributed by atoms with Crippen LogP contribution in [0.5, 0.6) is 0 Å². The normalized spacial score (nSPS) is 9.89. The minimum atomic E-state index is -0.693. The summed E-state index contributed by atoms with van der Waals surface area (Å²) in [6.45, 7) is 1.30. The number of esters is 1. The molecule has 3 N–H and O–H groups in total. The molecule has 28 heavy (non-hydrogen) atoms. The summed E-state index contributed by atoms with van der Waals surface area (Å²) >= 11 is 0. The van der Waals surface area contributed by atoms with Crippen molar-refractivity contribution in [3.8, 4) is 0 Å². The lowest BCUT2D eigenvalue weighted by Gasteiger charge is -2.09. The Labute approximate surface area is 162 Å². The summed E-state index contributed by atoms with van der Waals surface area (Å²) in [6, 6.07) is 15.6. The van der Waals surface area contributed by atoms with Gasteiger partial charge < -0.3 is 10.1 Å². The number of amides is 3. The highest BCUT2D eigenvalue weighted by Gasteiger charge is 2.12. The quantitative estimate of drug-likeness (QED) is 0.498. The Kier molecular flexibility index (Phi) is 7.71. The lowest BCUT2D eigenvalue weighted by Crippen LogP contribution is -2.43. The first-order valence-electron chi connectivity index (χ1n) is 8.61. The summed E-state index contributed by atoms with van der Waals surface area (Å²) in [4.78, 5) is 46.9. The number of hydrogen-bond donors (Lipinski definition) is 3. The SMILES string of the molecule is Cc1ccccc1NC(=O)CCC(=O)OCC(=O)NNC(=O)c1ccccc1. The van der Waals surface area contributed by atoms with Crippen molar-refractivity contribution >= 4 is 29.4 Å². The van der Waals surface area contributed by atoms with Gasteiger partial charge in [0, 0.05) is 17.7 Å². The van der Waals surface area contributed by atoms with Crippen LogP contribution in [0.25, 0.3) is 0 Å². The van der Waals surface area contributed by atoms with E-state index >= 15 is 0 Å². The molecule has 8 nitrogen and oxygen atoms in total. The molecule has 0 aromatic heterocycles. The summed E-state index contributed by atoms with van der Waals surface area (Å²) in [5.41, 5.74) is 6.32. The van der Waals surface area contributed by atoms with Crippen LogP contribution >= 0.6 is 0 Å². The molecular weight excluding hydrogens is 362 g/mol. The zero-order chi connectivity index (χ0) is 20.4. The molecule has 146 valence electrons. The van der Waals surface area contributed by atoms with E-state index in [2.05, 4.69) is 16.2 Å². The van der Waals surface area contributed by atoms with Crippen LogP contribution in [0.3, 0.4) is 0 Å². The zero-order valence-corrected chi connectivity index (χ0v) is 15.4. The molecule has 3 amide bonds. The standard InChI is InChI=1S/C20H21N3O5/c1-14-7-5-6-10-16(14)21-17(24)11-12-19(26)28-13-18(25)22-23-20(27)15-8-3-2-4-9-15/h2-10H,11-13H2,1H3,(H,21,24)(H,22,25)(H,23,27). The van der Waals surface area contributed by atoms with Crippen molar-refractivity contribution < 1.29 is 23.9 Å². The number of nitrogens with one attached hydrogen (secondary N) is 3. The van der Waals surface area contributed by atoms with E-state index in [1.807, 2.05) is 19.1 Å². The molecule has 0 spiro atoms. The smallest absolute Gasteiger partial charge is 0.306 e. The minimum absolute atomic E-state index is 0.0699. The maximum atomic E-state index is 11.9. The van der Waals surface area contributed by atoms with E-state index < -0.39 is 24.4 Å². The molecule has 0 unspecified atom stereocenters. The molecule has 0 saturated heterocycles. The topological polar surface area (TPSA) is 114 Å². The van der Waals surface area contributed by atoms with Crippen molar-refractivity contribution in [1.29, 1.82) is 0 Å². The first-order valence-corrected chi connectivity index (χ1v) is 8.61. The highest BCUT2D eigenvalue weighted by molar-refractivity contribution is 5.95. The molecule has 0 heterocycles. The number of rotatable bonds is 7. The second-order valence-corrected chi connectivity index (χ2v) is 5.89. The molecule has 0 aliphatic carbocycles. The first kappa shape index (κ1) is 20.6. The van der Waals surface area contributed by atoms with E-state index in [1.54, 1.807) is 42.5 Å². The summed E-state index contributed by atoms with van der Waals surface area (Å²) in [5.74, 6) is -2.20. The van der Waals surface area contributed by atoms with Gasteiger partial charge in [0.2, 0.25) is 5.91 Å². The van der Waals surface area contributed by atoms with Gasteiger partial charge in [0.15, 0.2) is 6.61 Å². The third kappa shape index (κ3) is 6.91. The molecule has 2 rings (SSSR count). The van der Waals surface area contributed by atoms with Crippen LogP contribution in [0.4, 0.5) is 5.69 Å². The molecule has 2 aromatic carbocycles. The van der Waals surface area contributed by atoms with Gasteiger partial charge >= 0.3 is 5.97 Å². The van der Waals surface area contributed by atoms with Gasteiger partial charge in [-0.05, 0) is 30.7 Å². The number of anilines is 1. The highest BCUT2D eigenvalue weighted by atomic mass is 16.5.